The third-order valence-electron chi connectivity index (χ3n) is 7.59. The van der Waals surface area contributed by atoms with E-state index in [1.807, 2.05) is 6.07 Å². The summed E-state index contributed by atoms with van der Waals surface area (Å²) in [6, 6.07) is 8.80. The van der Waals surface area contributed by atoms with Crippen molar-refractivity contribution >= 4 is 0 Å². The number of ether oxygens (including phenoxy) is 1. The van der Waals surface area contributed by atoms with Crippen molar-refractivity contribution in [2.75, 3.05) is 0 Å². The van der Waals surface area contributed by atoms with Crippen molar-refractivity contribution in [3.05, 3.63) is 52.8 Å². The van der Waals surface area contributed by atoms with Crippen LogP contribution in [0.4, 0.5) is 13.2 Å². The van der Waals surface area contributed by atoms with Gasteiger partial charge in [0.1, 0.15) is 0 Å². The average molecular weight is 459 g/mol. The maximum Gasteiger partial charge on any atom is 0.427 e. The van der Waals surface area contributed by atoms with Crippen LogP contribution in [0.5, 0.6) is 5.75 Å². The van der Waals surface area contributed by atoms with E-state index in [0.29, 0.717) is 34.9 Å². The van der Waals surface area contributed by atoms with Crippen molar-refractivity contribution in [3.63, 3.8) is 0 Å². The van der Waals surface area contributed by atoms with Crippen molar-refractivity contribution in [1.82, 2.24) is 0 Å². The van der Waals surface area contributed by atoms with Crippen LogP contribution in [0.15, 0.2) is 30.3 Å². The number of benzene rings is 2. The fourth-order valence-corrected chi connectivity index (χ4v) is 5.44. The zero-order valence-electron chi connectivity index (χ0n) is 20.1. The Hall–Kier alpha value is -1.97. The van der Waals surface area contributed by atoms with Crippen molar-refractivity contribution in [2.45, 2.75) is 103 Å². The van der Waals surface area contributed by atoms with Gasteiger partial charge in [-0.1, -0.05) is 89.5 Å². The van der Waals surface area contributed by atoms with Gasteiger partial charge in [0, 0.05) is 5.56 Å². The summed E-state index contributed by atoms with van der Waals surface area (Å²) in [4.78, 5) is 0. The predicted molar refractivity (Wildman–Crippen MR) is 128 cm³/mol. The average Bonchev–Trinajstić information content (AvgIpc) is 2.80. The quantitative estimate of drug-likeness (QED) is 0.340. The van der Waals surface area contributed by atoms with Crippen molar-refractivity contribution < 1.29 is 17.9 Å². The topological polar surface area (TPSA) is 9.23 Å². The highest BCUT2D eigenvalue weighted by Crippen LogP contribution is 2.50. The first-order valence-electron chi connectivity index (χ1n) is 12.9. The van der Waals surface area contributed by atoms with Crippen molar-refractivity contribution in [3.8, 4) is 16.9 Å². The van der Waals surface area contributed by atoms with Crippen LogP contribution in [0, 0.1) is 11.7 Å². The molecule has 0 atom stereocenters. The Morgan fingerprint density at radius 2 is 1.55 bits per heavy atom. The number of aryl methyl sites for hydroxylation is 1. The molecule has 2 aromatic rings. The second-order valence-corrected chi connectivity index (χ2v) is 10.2. The zero-order chi connectivity index (χ0) is 23.4. The summed E-state index contributed by atoms with van der Waals surface area (Å²) in [6.07, 6.45) is 9.28. The van der Waals surface area contributed by atoms with Gasteiger partial charge in [-0.05, 0) is 60.3 Å². The molecule has 0 aromatic heterocycles. The van der Waals surface area contributed by atoms with Gasteiger partial charge in [0.25, 0.3) is 0 Å². The van der Waals surface area contributed by atoms with Gasteiger partial charge >= 0.3 is 6.11 Å². The Labute approximate surface area is 196 Å². The lowest BCUT2D eigenvalue weighted by atomic mass is 9.78. The number of hydrogen-bond donors (Lipinski definition) is 0. The molecule has 0 bridgehead atoms. The summed E-state index contributed by atoms with van der Waals surface area (Å²) < 4.78 is 50.4. The maximum atomic E-state index is 15.2. The van der Waals surface area contributed by atoms with E-state index in [1.54, 1.807) is 24.3 Å². The van der Waals surface area contributed by atoms with Gasteiger partial charge in [-0.25, -0.2) is 4.39 Å². The highest BCUT2D eigenvalue weighted by atomic mass is 19.3. The Balaban J connectivity index is 1.51. The molecule has 1 heterocycles. The molecule has 0 spiro atoms. The molecular formula is C29H37F3O. The summed E-state index contributed by atoms with van der Waals surface area (Å²) >= 11 is 0. The fraction of sp³-hybridized carbons (Fsp3) is 0.586. The number of halogens is 3. The molecule has 0 saturated heterocycles. The fourth-order valence-electron chi connectivity index (χ4n) is 5.44. The molecule has 4 rings (SSSR count). The van der Waals surface area contributed by atoms with E-state index in [9.17, 15) is 0 Å². The first-order valence-corrected chi connectivity index (χ1v) is 12.9. The van der Waals surface area contributed by atoms with Gasteiger partial charge in [-0.15, -0.1) is 0 Å². The lowest BCUT2D eigenvalue weighted by molar-refractivity contribution is -0.188. The van der Waals surface area contributed by atoms with E-state index < -0.39 is 11.9 Å². The number of hydrogen-bond acceptors (Lipinski definition) is 1. The molecule has 2 aliphatic rings. The summed E-state index contributed by atoms with van der Waals surface area (Å²) in [7, 11) is 0. The lowest BCUT2D eigenvalue weighted by Gasteiger charge is -2.31. The van der Waals surface area contributed by atoms with Crippen molar-refractivity contribution in [1.29, 1.82) is 0 Å². The third kappa shape index (κ3) is 5.41. The molecular weight excluding hydrogens is 421 g/mol. The lowest BCUT2D eigenvalue weighted by Crippen LogP contribution is -2.27. The van der Waals surface area contributed by atoms with E-state index in [-0.39, 0.29) is 11.3 Å². The molecule has 1 aliphatic heterocycles. The maximum absolute atomic E-state index is 15.2. The molecule has 2 aromatic carbocycles. The predicted octanol–water partition coefficient (Wildman–Crippen LogP) is 9.52. The number of unbranched alkanes of at least 4 members (excludes halogenated alkanes) is 6. The number of fused-ring (bicyclic) bond motifs is 3. The molecule has 0 radical (unpaired) electrons. The molecule has 180 valence electrons. The molecule has 0 unspecified atom stereocenters. The van der Waals surface area contributed by atoms with Gasteiger partial charge in [0.15, 0.2) is 11.6 Å². The van der Waals surface area contributed by atoms with Crippen LogP contribution < -0.4 is 4.74 Å². The number of alkyl halides is 2. The minimum absolute atomic E-state index is 0.134. The SMILES string of the molecule is CCCCCCCCCc1ccc2c(c1F)OC(F)(F)c1cc(C3CCC(C)CC3)ccc1-2. The van der Waals surface area contributed by atoms with E-state index in [0.717, 1.165) is 50.5 Å². The zero-order valence-corrected chi connectivity index (χ0v) is 20.1. The second-order valence-electron chi connectivity index (χ2n) is 10.2. The van der Waals surface area contributed by atoms with Gasteiger partial charge in [-0.3, -0.25) is 0 Å². The summed E-state index contributed by atoms with van der Waals surface area (Å²) in [5.74, 6) is 0.0832. The van der Waals surface area contributed by atoms with E-state index >= 15 is 13.2 Å². The molecule has 1 nitrogen and oxygen atoms in total. The molecule has 0 amide bonds. The molecule has 4 heteroatoms. The Kier molecular flexibility index (Phi) is 7.71. The largest absolute Gasteiger partial charge is 0.427 e. The van der Waals surface area contributed by atoms with Crippen LogP contribution in [0.3, 0.4) is 0 Å². The molecule has 1 fully saturated rings. The minimum Gasteiger partial charge on any atom is -0.425 e. The third-order valence-corrected chi connectivity index (χ3v) is 7.59. The second kappa shape index (κ2) is 10.5. The van der Waals surface area contributed by atoms with Crippen LogP contribution in [-0.2, 0) is 12.5 Å². The molecule has 0 N–H and O–H groups in total. The van der Waals surface area contributed by atoms with Crippen LogP contribution >= 0.6 is 0 Å². The normalized spacial score (nSPS) is 21.2. The summed E-state index contributed by atoms with van der Waals surface area (Å²) in [5, 5.41) is 0. The monoisotopic (exact) mass is 458 g/mol. The van der Waals surface area contributed by atoms with Gasteiger partial charge in [-0.2, -0.15) is 8.78 Å². The van der Waals surface area contributed by atoms with Gasteiger partial charge in [0.05, 0.1) is 5.56 Å². The van der Waals surface area contributed by atoms with Gasteiger partial charge < -0.3 is 4.74 Å². The van der Waals surface area contributed by atoms with E-state index in [4.69, 9.17) is 4.74 Å². The van der Waals surface area contributed by atoms with E-state index in [1.165, 1.54) is 25.7 Å². The summed E-state index contributed by atoms with van der Waals surface area (Å²) in [5.41, 5.74) is 2.10. The van der Waals surface area contributed by atoms with E-state index in [2.05, 4.69) is 13.8 Å². The number of rotatable bonds is 9. The Morgan fingerprint density at radius 3 is 2.27 bits per heavy atom. The first-order chi connectivity index (χ1) is 15.9. The van der Waals surface area contributed by atoms with Crippen LogP contribution in [-0.4, -0.2) is 0 Å². The van der Waals surface area contributed by atoms with Crippen LogP contribution in [0.2, 0.25) is 0 Å². The Bertz CT molecular complexity index is 944. The van der Waals surface area contributed by atoms with Crippen LogP contribution in [0.1, 0.15) is 107 Å². The van der Waals surface area contributed by atoms with Gasteiger partial charge in [0.2, 0.25) is 0 Å². The van der Waals surface area contributed by atoms with Crippen molar-refractivity contribution in [2.24, 2.45) is 5.92 Å². The highest BCUT2D eigenvalue weighted by Gasteiger charge is 2.43. The highest BCUT2D eigenvalue weighted by molar-refractivity contribution is 5.77. The molecule has 1 saturated carbocycles. The smallest absolute Gasteiger partial charge is 0.425 e. The molecule has 33 heavy (non-hydrogen) atoms. The molecule has 1 aliphatic carbocycles. The standard InChI is InChI=1S/C29H37F3O/c1-3-4-5-6-7-8-9-10-22-15-18-25-24-17-16-23(21-13-11-20(2)12-14-21)19-26(24)29(31,32)33-28(25)27(22)30/h15-21H,3-14H2,1-2H3. The van der Waals surface area contributed by atoms with Crippen LogP contribution in [0.25, 0.3) is 11.1 Å². The Morgan fingerprint density at radius 1 is 0.879 bits per heavy atom. The summed E-state index contributed by atoms with van der Waals surface area (Å²) in [6.45, 7) is 4.44. The first kappa shape index (κ1) is 24.2. The minimum atomic E-state index is -3.53.